The predicted octanol–water partition coefficient (Wildman–Crippen LogP) is 15.7. The van der Waals surface area contributed by atoms with E-state index in [-0.39, 0.29) is 0 Å². The Bertz CT molecular complexity index is 4230. The first-order valence-corrected chi connectivity index (χ1v) is 22.0. The summed E-state index contributed by atoms with van der Waals surface area (Å²) in [5.74, 6) is 1.83. The highest BCUT2D eigenvalue weighted by Gasteiger charge is 2.26. The van der Waals surface area contributed by atoms with Gasteiger partial charge in [-0.3, -0.25) is 0 Å². The van der Waals surface area contributed by atoms with Gasteiger partial charge in [-0.05, 0) is 86.9 Å². The SMILES string of the molecule is c1ccc2cc3c(cc2c1)oc1ccc(-c2nc(-c4cccc5ccccc45)nc(-c4cccc5c4sc4ccccc45)n2)c(-n2c4ccccc4c4cc5ccccc5cc42)c13. The van der Waals surface area contributed by atoms with Crippen LogP contribution in [0.3, 0.4) is 0 Å². The van der Waals surface area contributed by atoms with E-state index in [1.165, 1.54) is 37.0 Å². The van der Waals surface area contributed by atoms with Gasteiger partial charge in [0.15, 0.2) is 17.5 Å². The van der Waals surface area contributed by atoms with Crippen LogP contribution in [0.1, 0.15) is 0 Å². The zero-order chi connectivity index (χ0) is 41.2. The lowest BCUT2D eigenvalue weighted by Gasteiger charge is -2.16. The standard InChI is InChI=1S/C57H32N4OS/c1-3-16-36-31-48-45(29-34(36)14-1)39-20-7-9-25-47(39)61(48)53-43(27-28-49-52(53)46-30-35-15-2-4-17-37(35)32-50(46)62-49)56-58-55(42-23-11-18-33-13-5-6-19-38(33)42)59-57(60-56)44-24-12-22-41-40-21-8-10-26-51(40)63-54(41)44/h1-32H. The van der Waals surface area contributed by atoms with Gasteiger partial charge >= 0.3 is 0 Å². The Morgan fingerprint density at radius 1 is 0.365 bits per heavy atom. The first-order valence-electron chi connectivity index (χ1n) is 21.2. The molecule has 0 fully saturated rings. The fourth-order valence-corrected chi connectivity index (χ4v) is 11.1. The van der Waals surface area contributed by atoms with E-state index in [4.69, 9.17) is 19.4 Å². The summed E-state index contributed by atoms with van der Waals surface area (Å²) in [6.07, 6.45) is 0. The van der Waals surface area contributed by atoms with E-state index in [0.717, 1.165) is 81.6 Å². The molecule has 6 heteroatoms. The van der Waals surface area contributed by atoms with Gasteiger partial charge in [-0.2, -0.15) is 0 Å². The minimum absolute atomic E-state index is 0.583. The molecule has 14 rings (SSSR count). The summed E-state index contributed by atoms with van der Waals surface area (Å²) in [7, 11) is 0. The molecule has 14 aromatic rings. The maximum Gasteiger partial charge on any atom is 0.166 e. The lowest BCUT2D eigenvalue weighted by Crippen LogP contribution is -2.04. The fraction of sp³-hybridized carbons (Fsp3) is 0. The van der Waals surface area contributed by atoms with E-state index in [9.17, 15) is 0 Å². The van der Waals surface area contributed by atoms with Crippen LogP contribution in [0.4, 0.5) is 0 Å². The molecule has 0 amide bonds. The number of thiophene rings is 1. The number of rotatable bonds is 4. The molecule has 4 heterocycles. The average molecular weight is 821 g/mol. The highest BCUT2D eigenvalue weighted by molar-refractivity contribution is 7.26. The summed E-state index contributed by atoms with van der Waals surface area (Å²) >= 11 is 1.78. The third-order valence-electron chi connectivity index (χ3n) is 12.8. The van der Waals surface area contributed by atoms with Crippen molar-refractivity contribution in [3.63, 3.8) is 0 Å². The van der Waals surface area contributed by atoms with Crippen molar-refractivity contribution in [1.82, 2.24) is 19.5 Å². The molecule has 0 aliphatic rings. The second kappa shape index (κ2) is 13.2. The number of fused-ring (bicyclic) bond motifs is 12. The van der Waals surface area contributed by atoms with Gasteiger partial charge in [-0.25, -0.2) is 15.0 Å². The summed E-state index contributed by atoms with van der Waals surface area (Å²) < 4.78 is 11.6. The van der Waals surface area contributed by atoms with Crippen molar-refractivity contribution in [2.24, 2.45) is 0 Å². The lowest BCUT2D eigenvalue weighted by molar-refractivity contribution is 0.669. The van der Waals surface area contributed by atoms with Gasteiger partial charge in [0, 0.05) is 53.0 Å². The Balaban J connectivity index is 1.15. The van der Waals surface area contributed by atoms with Crippen LogP contribution in [0.25, 0.3) is 136 Å². The van der Waals surface area contributed by atoms with Crippen LogP contribution in [-0.2, 0) is 0 Å². The van der Waals surface area contributed by atoms with E-state index < -0.39 is 0 Å². The van der Waals surface area contributed by atoms with Crippen molar-refractivity contribution in [2.75, 3.05) is 0 Å². The summed E-state index contributed by atoms with van der Waals surface area (Å²) in [4.78, 5) is 16.4. The highest BCUT2D eigenvalue weighted by Crippen LogP contribution is 2.46. The van der Waals surface area contributed by atoms with Gasteiger partial charge in [0.1, 0.15) is 11.2 Å². The monoisotopic (exact) mass is 820 g/mol. The Morgan fingerprint density at radius 3 is 1.75 bits per heavy atom. The summed E-state index contributed by atoms with van der Waals surface area (Å²) in [6, 6.07) is 69.1. The topological polar surface area (TPSA) is 56.7 Å². The van der Waals surface area contributed by atoms with Crippen molar-refractivity contribution in [3.8, 4) is 39.9 Å². The number of para-hydroxylation sites is 1. The van der Waals surface area contributed by atoms with E-state index in [1.807, 2.05) is 0 Å². The van der Waals surface area contributed by atoms with Gasteiger partial charge in [0.25, 0.3) is 0 Å². The molecule has 0 N–H and O–H groups in total. The van der Waals surface area contributed by atoms with E-state index in [2.05, 4.69) is 199 Å². The van der Waals surface area contributed by atoms with Crippen molar-refractivity contribution in [1.29, 1.82) is 0 Å². The lowest BCUT2D eigenvalue weighted by atomic mass is 10.0. The normalized spacial score (nSPS) is 12.1. The van der Waals surface area contributed by atoms with Gasteiger partial charge in [0.2, 0.25) is 0 Å². The molecule has 0 spiro atoms. The number of furan rings is 1. The third kappa shape index (κ3) is 5.13. The molecule has 292 valence electrons. The number of hydrogen-bond acceptors (Lipinski definition) is 5. The van der Waals surface area contributed by atoms with Gasteiger partial charge in [-0.1, -0.05) is 140 Å². The molecule has 0 radical (unpaired) electrons. The molecule has 0 saturated carbocycles. The summed E-state index contributed by atoms with van der Waals surface area (Å²) in [6.45, 7) is 0. The molecular formula is C57H32N4OS. The van der Waals surface area contributed by atoms with Crippen LogP contribution in [0.2, 0.25) is 0 Å². The predicted molar refractivity (Wildman–Crippen MR) is 263 cm³/mol. The molecule has 10 aromatic carbocycles. The second-order valence-electron chi connectivity index (χ2n) is 16.3. The van der Waals surface area contributed by atoms with Crippen LogP contribution in [0.5, 0.6) is 0 Å². The number of benzene rings is 10. The van der Waals surface area contributed by atoms with Crippen LogP contribution in [0, 0.1) is 0 Å². The molecule has 0 atom stereocenters. The molecular weight excluding hydrogens is 789 g/mol. The maximum atomic E-state index is 6.83. The van der Waals surface area contributed by atoms with E-state index >= 15 is 0 Å². The molecule has 0 unspecified atom stereocenters. The first kappa shape index (κ1) is 34.5. The molecule has 0 saturated heterocycles. The van der Waals surface area contributed by atoms with Crippen molar-refractivity contribution in [2.45, 2.75) is 0 Å². The fourth-order valence-electron chi connectivity index (χ4n) is 9.93. The Morgan fingerprint density at radius 2 is 0.937 bits per heavy atom. The number of aromatic nitrogens is 4. The quantitative estimate of drug-likeness (QED) is 0.177. The van der Waals surface area contributed by atoms with E-state index in [1.54, 1.807) is 11.3 Å². The van der Waals surface area contributed by atoms with Gasteiger partial charge < -0.3 is 8.98 Å². The van der Waals surface area contributed by atoms with E-state index in [0.29, 0.717) is 17.5 Å². The minimum atomic E-state index is 0.583. The number of hydrogen-bond donors (Lipinski definition) is 0. The Hall–Kier alpha value is -8.19. The molecule has 5 nitrogen and oxygen atoms in total. The summed E-state index contributed by atoms with van der Waals surface area (Å²) in [5, 5.41) is 13.7. The van der Waals surface area contributed by atoms with Crippen LogP contribution < -0.4 is 0 Å². The van der Waals surface area contributed by atoms with Crippen LogP contribution in [-0.4, -0.2) is 19.5 Å². The zero-order valence-electron chi connectivity index (χ0n) is 33.6. The second-order valence-corrected chi connectivity index (χ2v) is 17.4. The van der Waals surface area contributed by atoms with Crippen molar-refractivity contribution in [3.05, 3.63) is 194 Å². The minimum Gasteiger partial charge on any atom is -0.456 e. The largest absolute Gasteiger partial charge is 0.456 e. The zero-order valence-corrected chi connectivity index (χ0v) is 34.4. The first-order chi connectivity index (χ1) is 31.2. The molecule has 0 aliphatic carbocycles. The Kier molecular flexibility index (Phi) is 7.21. The maximum absolute atomic E-state index is 6.83. The molecule has 4 aromatic heterocycles. The van der Waals surface area contributed by atoms with Crippen LogP contribution >= 0.6 is 11.3 Å². The highest BCUT2D eigenvalue weighted by atomic mass is 32.1. The smallest absolute Gasteiger partial charge is 0.166 e. The van der Waals surface area contributed by atoms with Crippen molar-refractivity contribution < 1.29 is 4.42 Å². The summed E-state index contributed by atoms with van der Waals surface area (Å²) in [5.41, 5.74) is 7.58. The van der Waals surface area contributed by atoms with Crippen molar-refractivity contribution >= 4 is 108 Å². The Labute approximate surface area is 363 Å². The third-order valence-corrected chi connectivity index (χ3v) is 14.0. The molecule has 63 heavy (non-hydrogen) atoms. The van der Waals surface area contributed by atoms with Crippen LogP contribution in [0.15, 0.2) is 199 Å². The average Bonchev–Trinajstić information content (AvgIpc) is 4.01. The van der Waals surface area contributed by atoms with Gasteiger partial charge in [0.05, 0.1) is 22.1 Å². The van der Waals surface area contributed by atoms with Gasteiger partial charge in [-0.15, -0.1) is 11.3 Å². The number of nitrogens with zero attached hydrogens (tertiary/aromatic N) is 4. The molecule has 0 aliphatic heterocycles. The molecule has 0 bridgehead atoms.